The zero-order chi connectivity index (χ0) is 16.1. The highest BCUT2D eigenvalue weighted by molar-refractivity contribution is 7.80. The lowest BCUT2D eigenvalue weighted by molar-refractivity contribution is -0.0493. The van der Waals surface area contributed by atoms with Gasteiger partial charge in [0.15, 0.2) is 5.11 Å². The molecule has 2 aromatic rings. The van der Waals surface area contributed by atoms with Crippen LogP contribution in [0.15, 0.2) is 42.5 Å². The fourth-order valence-electron chi connectivity index (χ4n) is 1.74. The number of alkyl halides is 2. The second kappa shape index (κ2) is 7.13. The molecule has 0 spiro atoms. The van der Waals surface area contributed by atoms with E-state index in [1.54, 1.807) is 19.1 Å². The maximum atomic E-state index is 12.8. The van der Waals surface area contributed by atoms with Gasteiger partial charge in [-0.25, -0.2) is 4.39 Å². The summed E-state index contributed by atoms with van der Waals surface area (Å²) < 4.78 is 42.1. The summed E-state index contributed by atoms with van der Waals surface area (Å²) >= 11 is 5.10. The molecule has 7 heteroatoms. The monoisotopic (exact) mass is 326 g/mol. The van der Waals surface area contributed by atoms with Gasteiger partial charge in [0.25, 0.3) is 0 Å². The highest BCUT2D eigenvalue weighted by Gasteiger charge is 2.11. The van der Waals surface area contributed by atoms with Crippen molar-refractivity contribution in [2.45, 2.75) is 13.5 Å². The first-order chi connectivity index (χ1) is 10.4. The predicted molar refractivity (Wildman–Crippen MR) is 84.1 cm³/mol. The molecule has 3 nitrogen and oxygen atoms in total. The molecular formula is C15H13F3N2OS. The van der Waals surface area contributed by atoms with Gasteiger partial charge in [0.05, 0.1) is 5.69 Å². The minimum atomic E-state index is -2.93. The third-order valence-electron chi connectivity index (χ3n) is 2.70. The van der Waals surface area contributed by atoms with E-state index in [1.807, 2.05) is 0 Å². The van der Waals surface area contributed by atoms with Crippen LogP contribution in [-0.4, -0.2) is 11.7 Å². The molecule has 0 heterocycles. The zero-order valence-electron chi connectivity index (χ0n) is 11.6. The maximum absolute atomic E-state index is 12.8. The standard InChI is InChI=1S/C15H13F3N2OS/c1-9-2-7-12(13(8-9)21-14(17)18)20-15(22)19-11-5-3-10(16)4-6-11/h2-8,14H,1H3,(H2,19,20,22). The van der Waals surface area contributed by atoms with Gasteiger partial charge in [0.1, 0.15) is 11.6 Å². The highest BCUT2D eigenvalue weighted by Crippen LogP contribution is 2.27. The number of rotatable bonds is 4. The summed E-state index contributed by atoms with van der Waals surface area (Å²) in [4.78, 5) is 0. The topological polar surface area (TPSA) is 33.3 Å². The number of hydrogen-bond acceptors (Lipinski definition) is 2. The van der Waals surface area contributed by atoms with Crippen LogP contribution in [0.5, 0.6) is 5.75 Å². The molecule has 2 N–H and O–H groups in total. The lowest BCUT2D eigenvalue weighted by Crippen LogP contribution is -2.20. The van der Waals surface area contributed by atoms with E-state index in [-0.39, 0.29) is 16.7 Å². The van der Waals surface area contributed by atoms with Crippen LogP contribution in [0.4, 0.5) is 24.5 Å². The molecule has 0 bridgehead atoms. The van der Waals surface area contributed by atoms with Crippen LogP contribution in [0.2, 0.25) is 0 Å². The molecule has 2 aromatic carbocycles. The Kier molecular flexibility index (Phi) is 5.21. The van der Waals surface area contributed by atoms with Crippen molar-refractivity contribution in [3.8, 4) is 5.75 Å². The SMILES string of the molecule is Cc1ccc(NC(=S)Nc2ccc(F)cc2)c(OC(F)F)c1. The largest absolute Gasteiger partial charge is 0.433 e. The molecule has 0 aliphatic carbocycles. The first-order valence-electron chi connectivity index (χ1n) is 6.33. The second-order valence-electron chi connectivity index (χ2n) is 4.46. The number of ether oxygens (including phenoxy) is 1. The van der Waals surface area contributed by atoms with Gasteiger partial charge in [0.2, 0.25) is 0 Å². The number of thiocarbonyl (C=S) groups is 1. The van der Waals surface area contributed by atoms with Crippen LogP contribution in [-0.2, 0) is 0 Å². The molecular weight excluding hydrogens is 313 g/mol. The summed E-state index contributed by atoms with van der Waals surface area (Å²) in [5.74, 6) is -0.367. The molecule has 0 radical (unpaired) electrons. The summed E-state index contributed by atoms with van der Waals surface area (Å²) in [7, 11) is 0. The van der Waals surface area contributed by atoms with E-state index in [4.69, 9.17) is 12.2 Å². The highest BCUT2D eigenvalue weighted by atomic mass is 32.1. The Morgan fingerprint density at radius 1 is 1.09 bits per heavy atom. The van der Waals surface area contributed by atoms with Crippen LogP contribution in [0.3, 0.4) is 0 Å². The molecule has 0 saturated heterocycles. The maximum Gasteiger partial charge on any atom is 0.387 e. The first kappa shape index (κ1) is 16.1. The number of benzene rings is 2. The summed E-state index contributed by atoms with van der Waals surface area (Å²) in [5.41, 5.74) is 1.66. The van der Waals surface area contributed by atoms with Crippen molar-refractivity contribution in [2.75, 3.05) is 10.6 Å². The Balaban J connectivity index is 2.09. The van der Waals surface area contributed by atoms with Gasteiger partial charge in [-0.15, -0.1) is 0 Å². The number of anilines is 2. The quantitative estimate of drug-likeness (QED) is 0.808. The average Bonchev–Trinajstić information content (AvgIpc) is 2.44. The molecule has 0 unspecified atom stereocenters. The van der Waals surface area contributed by atoms with E-state index < -0.39 is 6.61 Å². The first-order valence-corrected chi connectivity index (χ1v) is 6.74. The van der Waals surface area contributed by atoms with Gasteiger partial charge in [-0.2, -0.15) is 8.78 Å². The minimum Gasteiger partial charge on any atom is -0.433 e. The Morgan fingerprint density at radius 3 is 2.41 bits per heavy atom. The van der Waals surface area contributed by atoms with Gasteiger partial charge in [0, 0.05) is 5.69 Å². The third-order valence-corrected chi connectivity index (χ3v) is 2.91. The zero-order valence-corrected chi connectivity index (χ0v) is 12.4. The van der Waals surface area contributed by atoms with Crippen LogP contribution in [0.1, 0.15) is 5.56 Å². The number of halogens is 3. The Morgan fingerprint density at radius 2 is 1.77 bits per heavy atom. The lowest BCUT2D eigenvalue weighted by atomic mass is 10.2. The van der Waals surface area contributed by atoms with Crippen molar-refractivity contribution >= 4 is 28.7 Å². The Labute approximate surface area is 131 Å². The molecule has 0 aromatic heterocycles. The van der Waals surface area contributed by atoms with Crippen molar-refractivity contribution < 1.29 is 17.9 Å². The van der Waals surface area contributed by atoms with E-state index in [0.29, 0.717) is 11.4 Å². The van der Waals surface area contributed by atoms with E-state index in [9.17, 15) is 13.2 Å². The van der Waals surface area contributed by atoms with Crippen LogP contribution in [0.25, 0.3) is 0 Å². The Hall–Kier alpha value is -2.28. The molecule has 0 aliphatic heterocycles. The van der Waals surface area contributed by atoms with Crippen molar-refractivity contribution in [1.29, 1.82) is 0 Å². The van der Waals surface area contributed by atoms with Crippen molar-refractivity contribution in [3.63, 3.8) is 0 Å². The third kappa shape index (κ3) is 4.63. The minimum absolute atomic E-state index is 0.00161. The summed E-state index contributed by atoms with van der Waals surface area (Å²) in [6.45, 7) is -1.17. The van der Waals surface area contributed by atoms with Crippen molar-refractivity contribution in [3.05, 3.63) is 53.8 Å². The molecule has 0 fully saturated rings. The molecule has 116 valence electrons. The number of nitrogens with one attached hydrogen (secondary N) is 2. The fraction of sp³-hybridized carbons (Fsp3) is 0.133. The molecule has 2 rings (SSSR count). The average molecular weight is 326 g/mol. The second-order valence-corrected chi connectivity index (χ2v) is 4.87. The molecule has 0 aliphatic rings. The summed E-state index contributed by atoms with van der Waals surface area (Å²) in [6, 6.07) is 10.4. The van der Waals surface area contributed by atoms with Crippen LogP contribution in [0, 0.1) is 12.7 Å². The van der Waals surface area contributed by atoms with Gasteiger partial charge in [-0.05, 0) is 61.1 Å². The molecule has 0 atom stereocenters. The van der Waals surface area contributed by atoms with E-state index in [1.165, 1.54) is 30.3 Å². The van der Waals surface area contributed by atoms with E-state index >= 15 is 0 Å². The van der Waals surface area contributed by atoms with Gasteiger partial charge in [-0.3, -0.25) is 0 Å². The predicted octanol–water partition coefficient (Wildman–Crippen LogP) is 4.54. The van der Waals surface area contributed by atoms with Crippen molar-refractivity contribution in [1.82, 2.24) is 0 Å². The van der Waals surface area contributed by atoms with Gasteiger partial charge < -0.3 is 15.4 Å². The van der Waals surface area contributed by atoms with Crippen LogP contribution < -0.4 is 15.4 Å². The van der Waals surface area contributed by atoms with E-state index in [2.05, 4.69) is 15.4 Å². The smallest absolute Gasteiger partial charge is 0.387 e. The Bertz CT molecular complexity index is 662. The summed E-state index contributed by atoms with van der Waals surface area (Å²) in [5, 5.41) is 5.77. The fourth-order valence-corrected chi connectivity index (χ4v) is 1.97. The van der Waals surface area contributed by atoms with Gasteiger partial charge in [-0.1, -0.05) is 6.07 Å². The normalized spacial score (nSPS) is 10.4. The lowest BCUT2D eigenvalue weighted by Gasteiger charge is -2.15. The van der Waals surface area contributed by atoms with Crippen LogP contribution >= 0.6 is 12.2 Å². The molecule has 0 amide bonds. The van der Waals surface area contributed by atoms with E-state index in [0.717, 1.165) is 5.56 Å². The van der Waals surface area contributed by atoms with Gasteiger partial charge >= 0.3 is 6.61 Å². The van der Waals surface area contributed by atoms with Crippen molar-refractivity contribution in [2.24, 2.45) is 0 Å². The molecule has 0 saturated carbocycles. The number of aryl methyl sites for hydroxylation is 1. The number of hydrogen-bond donors (Lipinski definition) is 2. The molecule has 22 heavy (non-hydrogen) atoms. The summed E-state index contributed by atoms with van der Waals surface area (Å²) in [6.07, 6.45) is 0.